The largest absolute Gasteiger partial charge is 0.380 e. The molecule has 1 N–H and O–H groups in total. The van der Waals surface area contributed by atoms with Crippen molar-refractivity contribution < 1.29 is 4.74 Å². The lowest BCUT2D eigenvalue weighted by Gasteiger charge is -2.45. The van der Waals surface area contributed by atoms with E-state index in [1.54, 1.807) is 0 Å². The van der Waals surface area contributed by atoms with Crippen LogP contribution in [0.5, 0.6) is 0 Å². The molecule has 1 fully saturated rings. The summed E-state index contributed by atoms with van der Waals surface area (Å²) in [4.78, 5) is 2.66. The highest BCUT2D eigenvalue weighted by Crippen LogP contribution is 2.40. The van der Waals surface area contributed by atoms with E-state index in [4.69, 9.17) is 4.74 Å². The van der Waals surface area contributed by atoms with Crippen LogP contribution in [0.1, 0.15) is 49.3 Å². The standard InChI is InChI=1S/C18H28N2O/c1-13-11-17(20-10-6-7-14(12-20)21-3)18(19-2)16-9-5-4-8-15(13)16/h4-5,8-9,13-14,17-19H,6-7,10-12H2,1-3H3. The zero-order valence-electron chi connectivity index (χ0n) is 13.5. The summed E-state index contributed by atoms with van der Waals surface area (Å²) in [7, 11) is 3.95. The molecule has 1 aliphatic heterocycles. The van der Waals surface area contributed by atoms with E-state index in [-0.39, 0.29) is 0 Å². The third-order valence-corrected chi connectivity index (χ3v) is 5.36. The van der Waals surface area contributed by atoms with Gasteiger partial charge in [-0.3, -0.25) is 4.90 Å². The Morgan fingerprint density at radius 1 is 1.24 bits per heavy atom. The van der Waals surface area contributed by atoms with Crippen LogP contribution in [0, 0.1) is 0 Å². The van der Waals surface area contributed by atoms with Crippen LogP contribution in [0.15, 0.2) is 24.3 Å². The van der Waals surface area contributed by atoms with Crippen molar-refractivity contribution in [1.82, 2.24) is 10.2 Å². The van der Waals surface area contributed by atoms with Crippen LogP contribution in [0.2, 0.25) is 0 Å². The summed E-state index contributed by atoms with van der Waals surface area (Å²) < 4.78 is 5.62. The maximum Gasteiger partial charge on any atom is 0.0698 e. The number of methoxy groups -OCH3 is 1. The molecule has 0 radical (unpaired) electrons. The lowest BCUT2D eigenvalue weighted by Crippen LogP contribution is -2.52. The quantitative estimate of drug-likeness (QED) is 0.925. The molecule has 1 aliphatic carbocycles. The number of likely N-dealkylation sites (N-methyl/N-ethyl adjacent to an activating group) is 1. The average molecular weight is 288 g/mol. The molecule has 4 atom stereocenters. The van der Waals surface area contributed by atoms with Gasteiger partial charge < -0.3 is 10.1 Å². The highest BCUT2D eigenvalue weighted by Gasteiger charge is 2.37. The molecule has 1 aromatic rings. The maximum absolute atomic E-state index is 5.62. The van der Waals surface area contributed by atoms with Crippen molar-refractivity contribution >= 4 is 0 Å². The van der Waals surface area contributed by atoms with Crippen molar-refractivity contribution in [3.05, 3.63) is 35.4 Å². The number of ether oxygens (including phenoxy) is 1. The Labute approximate surface area is 128 Å². The van der Waals surface area contributed by atoms with Crippen LogP contribution in [-0.2, 0) is 4.74 Å². The molecule has 3 nitrogen and oxygen atoms in total. The van der Waals surface area contributed by atoms with Crippen molar-refractivity contribution in [1.29, 1.82) is 0 Å². The van der Waals surface area contributed by atoms with Crippen molar-refractivity contribution in [2.45, 2.75) is 50.3 Å². The molecule has 3 heteroatoms. The molecule has 2 aliphatic rings. The van der Waals surface area contributed by atoms with Crippen LogP contribution in [0.3, 0.4) is 0 Å². The molecule has 21 heavy (non-hydrogen) atoms. The van der Waals surface area contributed by atoms with Gasteiger partial charge in [0.1, 0.15) is 0 Å². The molecule has 0 amide bonds. The number of benzene rings is 1. The van der Waals surface area contributed by atoms with E-state index in [9.17, 15) is 0 Å². The second-order valence-electron chi connectivity index (χ2n) is 6.59. The predicted molar refractivity (Wildman–Crippen MR) is 86.7 cm³/mol. The van der Waals surface area contributed by atoms with E-state index in [0.29, 0.717) is 24.1 Å². The fraction of sp³-hybridized carbons (Fsp3) is 0.667. The van der Waals surface area contributed by atoms with Crippen LogP contribution in [-0.4, -0.2) is 44.3 Å². The van der Waals surface area contributed by atoms with Gasteiger partial charge in [-0.2, -0.15) is 0 Å². The minimum absolute atomic E-state index is 0.406. The Bertz CT molecular complexity index is 476. The Morgan fingerprint density at radius 2 is 2.00 bits per heavy atom. The van der Waals surface area contributed by atoms with E-state index < -0.39 is 0 Å². The first-order valence-corrected chi connectivity index (χ1v) is 8.27. The summed E-state index contributed by atoms with van der Waals surface area (Å²) in [6, 6.07) is 9.97. The third-order valence-electron chi connectivity index (χ3n) is 5.36. The first-order chi connectivity index (χ1) is 10.2. The van der Waals surface area contributed by atoms with Crippen molar-refractivity contribution in [3.8, 4) is 0 Å². The van der Waals surface area contributed by atoms with E-state index in [1.165, 1.54) is 36.9 Å². The summed E-state index contributed by atoms with van der Waals surface area (Å²) >= 11 is 0. The summed E-state index contributed by atoms with van der Waals surface area (Å²) in [6.07, 6.45) is 4.10. The Morgan fingerprint density at radius 3 is 2.71 bits per heavy atom. The summed E-state index contributed by atoms with van der Waals surface area (Å²) in [6.45, 7) is 4.65. The average Bonchev–Trinajstić information content (AvgIpc) is 2.55. The number of nitrogens with zero attached hydrogens (tertiary/aromatic N) is 1. The number of hydrogen-bond acceptors (Lipinski definition) is 3. The highest BCUT2D eigenvalue weighted by molar-refractivity contribution is 5.36. The Balaban J connectivity index is 1.86. The summed E-state index contributed by atoms with van der Waals surface area (Å²) in [5, 5.41) is 3.58. The molecule has 1 heterocycles. The zero-order valence-corrected chi connectivity index (χ0v) is 13.5. The maximum atomic E-state index is 5.62. The second-order valence-corrected chi connectivity index (χ2v) is 6.59. The zero-order chi connectivity index (χ0) is 14.8. The normalized spacial score (nSPS) is 33.7. The van der Waals surface area contributed by atoms with Gasteiger partial charge in [-0.15, -0.1) is 0 Å². The molecule has 4 unspecified atom stereocenters. The molecule has 0 saturated carbocycles. The molecule has 0 bridgehead atoms. The number of rotatable bonds is 3. The molecular formula is C18H28N2O. The lowest BCUT2D eigenvalue weighted by atomic mass is 9.77. The first kappa shape index (κ1) is 15.0. The van der Waals surface area contributed by atoms with Gasteiger partial charge in [0.15, 0.2) is 0 Å². The summed E-state index contributed by atoms with van der Waals surface area (Å²) in [5.74, 6) is 0.638. The number of nitrogens with one attached hydrogen (secondary N) is 1. The van der Waals surface area contributed by atoms with E-state index in [2.05, 4.69) is 48.5 Å². The Hall–Kier alpha value is -0.900. The molecule has 116 valence electrons. The molecular weight excluding hydrogens is 260 g/mol. The van der Waals surface area contributed by atoms with Crippen LogP contribution in [0.4, 0.5) is 0 Å². The topological polar surface area (TPSA) is 24.5 Å². The first-order valence-electron chi connectivity index (χ1n) is 8.27. The van der Waals surface area contributed by atoms with Gasteiger partial charge in [0.2, 0.25) is 0 Å². The minimum atomic E-state index is 0.406. The van der Waals surface area contributed by atoms with Crippen LogP contribution < -0.4 is 5.32 Å². The molecule has 1 aromatic carbocycles. The SMILES string of the molecule is CNC1c2ccccc2C(C)CC1N1CCCC(OC)C1. The minimum Gasteiger partial charge on any atom is -0.380 e. The number of fused-ring (bicyclic) bond motifs is 1. The fourth-order valence-corrected chi connectivity index (χ4v) is 4.24. The second kappa shape index (κ2) is 6.47. The summed E-state index contributed by atoms with van der Waals surface area (Å²) in [5.41, 5.74) is 3.01. The van der Waals surface area contributed by atoms with Gasteiger partial charge in [-0.05, 0) is 49.9 Å². The van der Waals surface area contributed by atoms with Crippen molar-refractivity contribution in [3.63, 3.8) is 0 Å². The number of likely N-dealkylation sites (tertiary alicyclic amines) is 1. The van der Waals surface area contributed by atoms with Gasteiger partial charge in [-0.1, -0.05) is 31.2 Å². The van der Waals surface area contributed by atoms with Gasteiger partial charge in [-0.25, -0.2) is 0 Å². The molecule has 0 aromatic heterocycles. The molecule has 0 spiro atoms. The van der Waals surface area contributed by atoms with Crippen molar-refractivity contribution in [2.75, 3.05) is 27.2 Å². The monoisotopic (exact) mass is 288 g/mol. The fourth-order valence-electron chi connectivity index (χ4n) is 4.24. The smallest absolute Gasteiger partial charge is 0.0698 e. The molecule has 3 rings (SSSR count). The number of piperidine rings is 1. The van der Waals surface area contributed by atoms with Crippen molar-refractivity contribution in [2.24, 2.45) is 0 Å². The highest BCUT2D eigenvalue weighted by atomic mass is 16.5. The van der Waals surface area contributed by atoms with Gasteiger partial charge >= 0.3 is 0 Å². The van der Waals surface area contributed by atoms with E-state index in [1.807, 2.05) is 7.11 Å². The molecule has 1 saturated heterocycles. The number of hydrogen-bond donors (Lipinski definition) is 1. The van der Waals surface area contributed by atoms with Gasteiger partial charge in [0.05, 0.1) is 6.10 Å². The van der Waals surface area contributed by atoms with E-state index in [0.717, 1.165) is 6.54 Å². The van der Waals surface area contributed by atoms with Gasteiger partial charge in [0, 0.05) is 25.7 Å². The third kappa shape index (κ3) is 2.87. The Kier molecular flexibility index (Phi) is 4.63. The van der Waals surface area contributed by atoms with E-state index >= 15 is 0 Å². The van der Waals surface area contributed by atoms with Gasteiger partial charge in [0.25, 0.3) is 0 Å². The van der Waals surface area contributed by atoms with Crippen LogP contribution >= 0.6 is 0 Å². The predicted octanol–water partition coefficient (Wildman–Crippen LogP) is 2.93. The lowest BCUT2D eigenvalue weighted by molar-refractivity contribution is 0.00265. The van der Waals surface area contributed by atoms with Crippen LogP contribution in [0.25, 0.3) is 0 Å².